The largest absolute Gasteiger partial charge is 0.494 e. The van der Waals surface area contributed by atoms with Crippen LogP contribution < -0.4 is 9.64 Å². The van der Waals surface area contributed by atoms with E-state index in [4.69, 9.17) is 9.57 Å². The van der Waals surface area contributed by atoms with E-state index < -0.39 is 43.4 Å². The van der Waals surface area contributed by atoms with Gasteiger partial charge >= 0.3 is 5.97 Å². The van der Waals surface area contributed by atoms with Crippen molar-refractivity contribution in [3.8, 4) is 5.75 Å². The van der Waals surface area contributed by atoms with Crippen LogP contribution >= 0.6 is 0 Å². The van der Waals surface area contributed by atoms with Crippen molar-refractivity contribution in [2.24, 2.45) is 0 Å². The van der Waals surface area contributed by atoms with Crippen LogP contribution in [-0.2, 0) is 50.3 Å². The van der Waals surface area contributed by atoms with Crippen LogP contribution in [0.2, 0.25) is 0 Å². The molecule has 0 aromatic heterocycles. The summed E-state index contributed by atoms with van der Waals surface area (Å²) in [6.07, 6.45) is 17.9. The fourth-order valence-corrected chi connectivity index (χ4v) is 10.9. The van der Waals surface area contributed by atoms with E-state index in [2.05, 4.69) is 85.7 Å². The number of allylic oxidation sites excluding steroid dienone is 8. The van der Waals surface area contributed by atoms with Crippen LogP contribution in [0, 0.1) is 0 Å². The van der Waals surface area contributed by atoms with Crippen LogP contribution in [0.3, 0.4) is 0 Å². The number of anilines is 1. The molecule has 4 aromatic carbocycles. The number of imide groups is 1. The fourth-order valence-electron chi connectivity index (χ4n) is 9.81. The van der Waals surface area contributed by atoms with Crippen molar-refractivity contribution in [1.82, 2.24) is 5.06 Å². The SMILES string of the molecule is CC1(C)C(/C=C/C=C/C=C/C=C2/N(CCCCS(=O)(=O)O)c3ccc4ccc(OCCCCCC(=O)ON5C(=O)CCC5=O)cc4c3C2(C)C)=[N+](CCCCS(=O)(=O)O)c2ccc3ccccc3c21. The first-order valence-electron chi connectivity index (χ1n) is 23.6. The minimum atomic E-state index is -4.10. The van der Waals surface area contributed by atoms with Crippen molar-refractivity contribution < 1.29 is 54.5 Å². The third kappa shape index (κ3) is 12.1. The predicted molar refractivity (Wildman–Crippen MR) is 269 cm³/mol. The predicted octanol–water partition coefficient (Wildman–Crippen LogP) is 9.60. The van der Waals surface area contributed by atoms with Crippen LogP contribution in [0.1, 0.15) is 103 Å². The van der Waals surface area contributed by atoms with Gasteiger partial charge in [0.1, 0.15) is 12.3 Å². The second-order valence-corrected chi connectivity index (χ2v) is 22.0. The van der Waals surface area contributed by atoms with E-state index in [1.54, 1.807) is 0 Å². The Kier molecular flexibility index (Phi) is 15.8. The summed E-state index contributed by atoms with van der Waals surface area (Å²) in [5.74, 6) is -1.52. The van der Waals surface area contributed by atoms with Gasteiger partial charge < -0.3 is 14.5 Å². The highest BCUT2D eigenvalue weighted by molar-refractivity contribution is 7.86. The Hall–Kier alpha value is -5.94. The van der Waals surface area contributed by atoms with Crippen LogP contribution in [0.5, 0.6) is 5.75 Å². The van der Waals surface area contributed by atoms with E-state index in [1.807, 2.05) is 60.7 Å². The number of hydrogen-bond donors (Lipinski definition) is 2. The molecule has 3 aliphatic rings. The summed E-state index contributed by atoms with van der Waals surface area (Å²) in [5, 5.41) is 4.95. The second-order valence-electron chi connectivity index (χ2n) is 18.8. The molecule has 2 N–H and O–H groups in total. The zero-order valence-corrected chi connectivity index (χ0v) is 41.4. The first kappa shape index (κ1) is 50.9. The molecule has 16 heteroatoms. The third-order valence-electron chi connectivity index (χ3n) is 13.1. The van der Waals surface area contributed by atoms with Gasteiger partial charge in [0.25, 0.3) is 32.1 Å². The Balaban J connectivity index is 1.06. The molecule has 0 bridgehead atoms. The lowest BCUT2D eigenvalue weighted by molar-refractivity contribution is -0.438. The summed E-state index contributed by atoms with van der Waals surface area (Å²) < 4.78 is 73.3. The number of carbonyl (C=O) groups is 3. The molecule has 3 aliphatic heterocycles. The van der Waals surface area contributed by atoms with Gasteiger partial charge in [-0.3, -0.25) is 18.7 Å². The summed E-state index contributed by atoms with van der Waals surface area (Å²) in [6, 6.07) is 22.8. The summed E-state index contributed by atoms with van der Waals surface area (Å²) >= 11 is 0. The molecular formula is C53H62N3O11S2+. The molecule has 0 saturated carbocycles. The Morgan fingerprint density at radius 3 is 2.10 bits per heavy atom. The molecule has 4 aromatic rings. The number of fused-ring (bicyclic) bond motifs is 6. The van der Waals surface area contributed by atoms with Crippen molar-refractivity contribution in [3.63, 3.8) is 0 Å². The van der Waals surface area contributed by atoms with Gasteiger partial charge in [0.15, 0.2) is 5.71 Å². The van der Waals surface area contributed by atoms with E-state index in [-0.39, 0.29) is 36.2 Å². The Morgan fingerprint density at radius 1 is 0.710 bits per heavy atom. The van der Waals surface area contributed by atoms with E-state index in [9.17, 15) is 40.3 Å². The average molecular weight is 981 g/mol. The van der Waals surface area contributed by atoms with Gasteiger partial charge in [-0.15, -0.1) is 5.06 Å². The van der Waals surface area contributed by atoms with Crippen LogP contribution in [0.15, 0.2) is 115 Å². The van der Waals surface area contributed by atoms with Gasteiger partial charge in [0, 0.05) is 66.7 Å². The Bertz CT molecular complexity index is 3000. The molecule has 69 heavy (non-hydrogen) atoms. The fraction of sp³-hybridized carbons (Fsp3) is 0.396. The Morgan fingerprint density at radius 2 is 1.36 bits per heavy atom. The van der Waals surface area contributed by atoms with Gasteiger partial charge in [0.2, 0.25) is 5.69 Å². The lowest BCUT2D eigenvalue weighted by Crippen LogP contribution is -2.31. The molecule has 2 amide bonds. The second kappa shape index (κ2) is 21.4. The number of carbonyl (C=O) groups excluding carboxylic acids is 3. The molecule has 0 spiro atoms. The normalized spacial score (nSPS) is 17.5. The number of amides is 2. The van der Waals surface area contributed by atoms with E-state index in [1.165, 1.54) is 10.9 Å². The van der Waals surface area contributed by atoms with Crippen LogP contribution in [-0.4, -0.2) is 90.3 Å². The van der Waals surface area contributed by atoms with Gasteiger partial charge in [0.05, 0.1) is 23.5 Å². The monoisotopic (exact) mass is 980 g/mol. The minimum Gasteiger partial charge on any atom is -0.494 e. The lowest BCUT2D eigenvalue weighted by atomic mass is 9.79. The average Bonchev–Trinajstić information content (AvgIpc) is 3.81. The molecule has 1 saturated heterocycles. The number of unbranched alkanes of at least 4 members (excludes halogenated alkanes) is 4. The number of rotatable bonds is 22. The zero-order chi connectivity index (χ0) is 49.6. The molecule has 366 valence electrons. The van der Waals surface area contributed by atoms with Crippen molar-refractivity contribution >= 4 is 76.7 Å². The topological polar surface area (TPSA) is 188 Å². The van der Waals surface area contributed by atoms with Gasteiger partial charge in [-0.05, 0) is 110 Å². The van der Waals surface area contributed by atoms with Crippen molar-refractivity contribution in [2.75, 3.05) is 36.1 Å². The van der Waals surface area contributed by atoms with E-state index in [0.717, 1.165) is 44.5 Å². The highest BCUT2D eigenvalue weighted by Gasteiger charge is 2.45. The maximum atomic E-state index is 12.2. The van der Waals surface area contributed by atoms with Crippen molar-refractivity contribution in [2.45, 2.75) is 103 Å². The first-order chi connectivity index (χ1) is 32.8. The van der Waals surface area contributed by atoms with Gasteiger partial charge in [-0.2, -0.15) is 21.4 Å². The quantitative estimate of drug-likeness (QED) is 0.0250. The van der Waals surface area contributed by atoms with E-state index in [0.29, 0.717) is 75.5 Å². The van der Waals surface area contributed by atoms with Crippen LogP contribution in [0.4, 0.5) is 11.4 Å². The zero-order valence-electron chi connectivity index (χ0n) is 39.7. The molecule has 0 atom stereocenters. The highest BCUT2D eigenvalue weighted by atomic mass is 32.2. The number of benzene rings is 4. The smallest absolute Gasteiger partial charge is 0.333 e. The summed E-state index contributed by atoms with van der Waals surface area (Å²) in [7, 11) is -8.15. The maximum Gasteiger partial charge on any atom is 0.333 e. The highest BCUT2D eigenvalue weighted by Crippen LogP contribution is 2.51. The number of hydroxylamine groups is 2. The molecule has 0 unspecified atom stereocenters. The van der Waals surface area contributed by atoms with Crippen molar-refractivity contribution in [3.05, 3.63) is 126 Å². The Labute approximate surface area is 405 Å². The minimum absolute atomic E-state index is 0.0502. The number of nitrogens with zero attached hydrogens (tertiary/aromatic N) is 3. The number of hydrogen-bond acceptors (Lipinski definition) is 10. The summed E-state index contributed by atoms with van der Waals surface area (Å²) in [4.78, 5) is 42.9. The molecule has 1 fully saturated rings. The molecule has 3 heterocycles. The molecule has 7 rings (SSSR count). The summed E-state index contributed by atoms with van der Waals surface area (Å²) in [5.41, 5.74) is 5.70. The maximum absolute atomic E-state index is 12.2. The molecular weight excluding hydrogens is 919 g/mol. The number of ether oxygens (including phenoxy) is 1. The molecule has 0 radical (unpaired) electrons. The van der Waals surface area contributed by atoms with E-state index >= 15 is 0 Å². The summed E-state index contributed by atoms with van der Waals surface area (Å²) in [6.45, 7) is 10.3. The first-order valence-corrected chi connectivity index (χ1v) is 26.8. The molecule has 0 aliphatic carbocycles. The molecule has 14 nitrogen and oxygen atoms in total. The van der Waals surface area contributed by atoms with Crippen molar-refractivity contribution in [1.29, 1.82) is 0 Å². The van der Waals surface area contributed by atoms with Gasteiger partial charge in [-0.25, -0.2) is 4.79 Å². The standard InChI is InChI=1S/C53H61N3O11S2/c1-52(2)45(54(32-14-17-35-68(60,61)62)43-28-25-38-19-12-13-20-41(38)50(43)52)21-9-6-5-7-10-22-46-53(3,4)51-42-37-40(66-34-16-8-11-23-49(59)67-56-47(57)30-31-48(56)58)27-24-39(42)26-29-44(51)55(46)33-15-18-36-69(63,64)65/h5-7,9-10,12-13,19-22,24-29,37H,8,11,14-18,23,30-36H2,1-4H3,(H-,60,61,62,63,64,65)/p+1. The van der Waals surface area contributed by atoms with Gasteiger partial charge in [-0.1, -0.05) is 80.6 Å². The van der Waals surface area contributed by atoms with Crippen LogP contribution in [0.25, 0.3) is 21.5 Å². The lowest BCUT2D eigenvalue weighted by Gasteiger charge is -2.27. The third-order valence-corrected chi connectivity index (χ3v) is 14.7.